The van der Waals surface area contributed by atoms with Gasteiger partial charge in [0.25, 0.3) is 0 Å². The Balaban J connectivity index is 2.07. The van der Waals surface area contributed by atoms with Crippen molar-refractivity contribution in [2.75, 3.05) is 5.32 Å². The lowest BCUT2D eigenvalue weighted by atomic mass is 10.1. The van der Waals surface area contributed by atoms with Crippen LogP contribution in [-0.2, 0) is 0 Å². The minimum atomic E-state index is -0.821. The van der Waals surface area contributed by atoms with Crippen molar-refractivity contribution in [1.82, 2.24) is 5.32 Å². The predicted molar refractivity (Wildman–Crippen MR) is 81.1 cm³/mol. The molecule has 1 atom stereocenters. The molecule has 2 N–H and O–H groups in total. The summed E-state index contributed by atoms with van der Waals surface area (Å²) in [6.07, 6.45) is 0. The summed E-state index contributed by atoms with van der Waals surface area (Å²) in [5, 5.41) is 4.81. The van der Waals surface area contributed by atoms with Gasteiger partial charge in [0.2, 0.25) is 0 Å². The van der Waals surface area contributed by atoms with Crippen molar-refractivity contribution in [2.24, 2.45) is 0 Å². The Morgan fingerprint density at radius 2 is 1.71 bits per heavy atom. The molecule has 0 heterocycles. The van der Waals surface area contributed by atoms with Crippen molar-refractivity contribution >= 4 is 27.6 Å². The number of rotatable bonds is 3. The number of amides is 2. The van der Waals surface area contributed by atoms with E-state index in [2.05, 4.69) is 26.6 Å². The van der Waals surface area contributed by atoms with E-state index in [1.54, 1.807) is 6.92 Å². The smallest absolute Gasteiger partial charge is 0.319 e. The molecule has 2 rings (SSSR count). The predicted octanol–water partition coefficient (Wildman–Crippen LogP) is 4.61. The summed E-state index contributed by atoms with van der Waals surface area (Å²) in [7, 11) is 0. The van der Waals surface area contributed by atoms with Crippen LogP contribution in [0.5, 0.6) is 0 Å². The Morgan fingerprint density at radius 1 is 1.10 bits per heavy atom. The molecule has 2 amide bonds. The van der Waals surface area contributed by atoms with Crippen LogP contribution < -0.4 is 10.6 Å². The zero-order chi connectivity index (χ0) is 15.4. The van der Waals surface area contributed by atoms with E-state index in [1.165, 1.54) is 6.07 Å². The van der Waals surface area contributed by atoms with Crippen LogP contribution in [0.2, 0.25) is 0 Å². The van der Waals surface area contributed by atoms with Gasteiger partial charge in [-0.15, -0.1) is 0 Å². The molecule has 0 aliphatic heterocycles. The van der Waals surface area contributed by atoms with Gasteiger partial charge in [0.05, 0.1) is 6.04 Å². The summed E-state index contributed by atoms with van der Waals surface area (Å²) >= 11 is 3.39. The van der Waals surface area contributed by atoms with Crippen molar-refractivity contribution in [1.29, 1.82) is 0 Å². The number of anilines is 1. The number of hydrogen-bond donors (Lipinski definition) is 2. The highest BCUT2D eigenvalue weighted by atomic mass is 79.9. The van der Waals surface area contributed by atoms with E-state index in [-0.39, 0.29) is 6.04 Å². The van der Waals surface area contributed by atoms with Crippen LogP contribution in [-0.4, -0.2) is 6.03 Å². The van der Waals surface area contributed by atoms with Crippen LogP contribution in [0, 0.1) is 11.6 Å². The monoisotopic (exact) mass is 354 g/mol. The van der Waals surface area contributed by atoms with Crippen molar-refractivity contribution < 1.29 is 13.6 Å². The largest absolute Gasteiger partial charge is 0.331 e. The lowest BCUT2D eigenvalue weighted by Crippen LogP contribution is -2.32. The van der Waals surface area contributed by atoms with Crippen molar-refractivity contribution in [2.45, 2.75) is 13.0 Å². The summed E-state index contributed by atoms with van der Waals surface area (Å²) in [5.74, 6) is -1.64. The number of hydrogen-bond acceptors (Lipinski definition) is 1. The zero-order valence-corrected chi connectivity index (χ0v) is 12.7. The van der Waals surface area contributed by atoms with Gasteiger partial charge >= 0.3 is 6.03 Å². The van der Waals surface area contributed by atoms with Crippen LogP contribution in [0.1, 0.15) is 18.5 Å². The van der Waals surface area contributed by atoms with Crippen LogP contribution in [0.4, 0.5) is 19.3 Å². The molecule has 110 valence electrons. The molecule has 0 bridgehead atoms. The highest BCUT2D eigenvalue weighted by Gasteiger charge is 2.15. The first kappa shape index (κ1) is 15.4. The van der Waals surface area contributed by atoms with Crippen LogP contribution in [0.3, 0.4) is 0 Å². The number of halogens is 3. The summed E-state index contributed by atoms with van der Waals surface area (Å²) < 4.78 is 27.7. The first-order chi connectivity index (χ1) is 9.99. The quantitative estimate of drug-likeness (QED) is 0.830. The minimum Gasteiger partial charge on any atom is -0.331 e. The second-order valence-electron chi connectivity index (χ2n) is 4.44. The highest BCUT2D eigenvalue weighted by Crippen LogP contribution is 2.23. The van der Waals surface area contributed by atoms with Gasteiger partial charge in [-0.05, 0) is 30.7 Å². The van der Waals surface area contributed by atoms with Crippen molar-refractivity contribution in [3.63, 3.8) is 0 Å². The maximum Gasteiger partial charge on any atom is 0.319 e. The SMILES string of the molecule is C[C@H](NC(=O)Nc1c(F)cccc1F)c1ccccc1Br. The highest BCUT2D eigenvalue weighted by molar-refractivity contribution is 9.10. The first-order valence-corrected chi connectivity index (χ1v) is 7.04. The molecule has 0 spiro atoms. The molecule has 0 aliphatic rings. The van der Waals surface area contributed by atoms with E-state index in [9.17, 15) is 13.6 Å². The molecule has 0 aromatic heterocycles. The van der Waals surface area contributed by atoms with E-state index in [0.717, 1.165) is 22.2 Å². The van der Waals surface area contributed by atoms with Crippen LogP contribution >= 0.6 is 15.9 Å². The molecule has 21 heavy (non-hydrogen) atoms. The van der Waals surface area contributed by atoms with Gasteiger partial charge in [0, 0.05) is 4.47 Å². The zero-order valence-electron chi connectivity index (χ0n) is 11.2. The van der Waals surface area contributed by atoms with Gasteiger partial charge in [0.15, 0.2) is 0 Å². The van der Waals surface area contributed by atoms with E-state index >= 15 is 0 Å². The molecule has 0 aliphatic carbocycles. The molecule has 2 aromatic rings. The second-order valence-corrected chi connectivity index (χ2v) is 5.29. The first-order valence-electron chi connectivity index (χ1n) is 6.25. The number of para-hydroxylation sites is 1. The lowest BCUT2D eigenvalue weighted by Gasteiger charge is -2.16. The molecule has 0 saturated carbocycles. The molecule has 0 radical (unpaired) electrons. The third-order valence-corrected chi connectivity index (χ3v) is 3.64. The van der Waals surface area contributed by atoms with Gasteiger partial charge in [-0.3, -0.25) is 0 Å². The normalized spacial score (nSPS) is 11.8. The molecular weight excluding hydrogens is 342 g/mol. The van der Waals surface area contributed by atoms with Gasteiger partial charge < -0.3 is 10.6 Å². The maximum absolute atomic E-state index is 13.4. The van der Waals surface area contributed by atoms with Gasteiger partial charge in [0.1, 0.15) is 17.3 Å². The number of benzene rings is 2. The van der Waals surface area contributed by atoms with Gasteiger partial charge in [-0.2, -0.15) is 0 Å². The number of nitrogens with one attached hydrogen (secondary N) is 2. The summed E-state index contributed by atoms with van der Waals surface area (Å²) in [5.41, 5.74) is 0.399. The fraction of sp³-hybridized carbons (Fsp3) is 0.133. The average molecular weight is 355 g/mol. The Hall–Kier alpha value is -1.95. The summed E-state index contributed by atoms with van der Waals surface area (Å²) in [4.78, 5) is 11.8. The molecule has 2 aromatic carbocycles. The van der Waals surface area contributed by atoms with E-state index in [4.69, 9.17) is 0 Å². The third-order valence-electron chi connectivity index (χ3n) is 2.92. The number of carbonyl (C=O) groups excluding carboxylic acids is 1. The molecule has 0 fully saturated rings. The van der Waals surface area contributed by atoms with E-state index in [1.807, 2.05) is 24.3 Å². The Labute approximate surface area is 129 Å². The summed E-state index contributed by atoms with van der Waals surface area (Å²) in [6.45, 7) is 1.78. The van der Waals surface area contributed by atoms with Crippen LogP contribution in [0.15, 0.2) is 46.9 Å². The average Bonchev–Trinajstić information content (AvgIpc) is 2.43. The summed E-state index contributed by atoms with van der Waals surface area (Å²) in [6, 6.07) is 9.78. The van der Waals surface area contributed by atoms with E-state index < -0.39 is 23.4 Å². The topological polar surface area (TPSA) is 41.1 Å². The lowest BCUT2D eigenvalue weighted by molar-refractivity contribution is 0.249. The fourth-order valence-electron chi connectivity index (χ4n) is 1.87. The maximum atomic E-state index is 13.4. The number of urea groups is 1. The Bertz CT molecular complexity index is 644. The third kappa shape index (κ3) is 3.78. The molecule has 3 nitrogen and oxygen atoms in total. The van der Waals surface area contributed by atoms with Crippen molar-refractivity contribution in [3.8, 4) is 0 Å². The van der Waals surface area contributed by atoms with Crippen molar-refractivity contribution in [3.05, 3.63) is 64.1 Å². The number of carbonyl (C=O) groups is 1. The molecular formula is C15H13BrF2N2O. The molecule has 0 saturated heterocycles. The van der Waals surface area contributed by atoms with Gasteiger partial charge in [-0.1, -0.05) is 40.2 Å². The molecule has 0 unspecified atom stereocenters. The fourth-order valence-corrected chi connectivity index (χ4v) is 2.50. The van der Waals surface area contributed by atoms with E-state index in [0.29, 0.717) is 0 Å². The Kier molecular flexibility index (Phi) is 4.90. The molecule has 6 heteroatoms. The Morgan fingerprint density at radius 3 is 2.33 bits per heavy atom. The standard InChI is InChI=1S/C15H13BrF2N2O/c1-9(10-5-2-3-6-11(10)16)19-15(21)20-14-12(17)7-4-8-13(14)18/h2-9H,1H3,(H2,19,20,21)/t9-/m0/s1. The minimum absolute atomic E-state index is 0.324. The second kappa shape index (κ2) is 6.67. The van der Waals surface area contributed by atoms with Crippen LogP contribution in [0.25, 0.3) is 0 Å². The van der Waals surface area contributed by atoms with Gasteiger partial charge in [-0.25, -0.2) is 13.6 Å².